The molecule has 4 heterocycles. The van der Waals surface area contributed by atoms with Gasteiger partial charge < -0.3 is 30.2 Å². The second-order valence-electron chi connectivity index (χ2n) is 10.6. The van der Waals surface area contributed by atoms with Crippen molar-refractivity contribution in [3.63, 3.8) is 0 Å². The number of carbonyl (C=O) groups excluding carboxylic acids is 2. The maximum absolute atomic E-state index is 13.0. The van der Waals surface area contributed by atoms with Crippen molar-refractivity contribution < 1.29 is 23.8 Å². The number of morpholine rings is 1. The van der Waals surface area contributed by atoms with Crippen LogP contribution in [0.4, 0.5) is 4.79 Å². The number of hydrogen-bond donors (Lipinski definition) is 2. The lowest BCUT2D eigenvalue weighted by Gasteiger charge is -2.26. The Hall–Kier alpha value is -4.39. The van der Waals surface area contributed by atoms with E-state index in [2.05, 4.69) is 20.5 Å². The first kappa shape index (κ1) is 31.5. The van der Waals surface area contributed by atoms with Crippen molar-refractivity contribution in [1.82, 2.24) is 29.8 Å². The summed E-state index contributed by atoms with van der Waals surface area (Å²) in [6.07, 6.45) is 3.12. The number of rotatable bonds is 10. The first-order chi connectivity index (χ1) is 20.3. The highest BCUT2D eigenvalue weighted by Crippen LogP contribution is 2.24. The molecule has 0 radical (unpaired) electrons. The molecule has 43 heavy (non-hydrogen) atoms. The van der Waals surface area contributed by atoms with Gasteiger partial charge in [-0.1, -0.05) is 43.8 Å². The Labute approximate surface area is 251 Å². The van der Waals surface area contributed by atoms with E-state index in [4.69, 9.17) is 19.9 Å². The van der Waals surface area contributed by atoms with Gasteiger partial charge in [0, 0.05) is 31.0 Å². The van der Waals surface area contributed by atoms with Gasteiger partial charge in [-0.15, -0.1) is 10.2 Å². The van der Waals surface area contributed by atoms with Gasteiger partial charge in [0.2, 0.25) is 5.91 Å². The molecule has 12 heteroatoms. The minimum absolute atomic E-state index is 0. The van der Waals surface area contributed by atoms with E-state index in [1.807, 2.05) is 48.5 Å². The SMILES string of the molecule is C.CC(C)(N)C(=O)N[C@H](COCc1ccccc1-c1cccnc1)c1nnc2cccc(COC(=O)N3CCOCC3)n12. The maximum atomic E-state index is 13.0. The molecule has 1 fully saturated rings. The highest BCUT2D eigenvalue weighted by atomic mass is 16.6. The Morgan fingerprint density at radius 2 is 1.84 bits per heavy atom. The number of nitrogens with two attached hydrogens (primary N) is 1. The summed E-state index contributed by atoms with van der Waals surface area (Å²) in [7, 11) is 0. The van der Waals surface area contributed by atoms with Crippen molar-refractivity contribution in [2.45, 2.75) is 46.1 Å². The summed E-state index contributed by atoms with van der Waals surface area (Å²) >= 11 is 0. The van der Waals surface area contributed by atoms with Crippen LogP contribution in [-0.2, 0) is 32.2 Å². The van der Waals surface area contributed by atoms with Crippen LogP contribution in [0.5, 0.6) is 0 Å². The average Bonchev–Trinajstić information content (AvgIpc) is 3.45. The number of amides is 2. The zero-order valence-corrected chi connectivity index (χ0v) is 23.7. The number of fused-ring (bicyclic) bond motifs is 1. The summed E-state index contributed by atoms with van der Waals surface area (Å²) in [6, 6.07) is 16.5. The molecule has 0 unspecified atom stereocenters. The number of hydrogen-bond acceptors (Lipinski definition) is 9. The molecule has 0 saturated carbocycles. The maximum Gasteiger partial charge on any atom is 0.410 e. The van der Waals surface area contributed by atoms with Gasteiger partial charge in [0.25, 0.3) is 0 Å². The van der Waals surface area contributed by atoms with E-state index in [0.29, 0.717) is 43.5 Å². The largest absolute Gasteiger partial charge is 0.443 e. The monoisotopic (exact) mass is 589 g/mol. The molecule has 1 aliphatic heterocycles. The van der Waals surface area contributed by atoms with Crippen LogP contribution in [0.15, 0.2) is 67.0 Å². The molecule has 1 aliphatic rings. The minimum Gasteiger partial charge on any atom is -0.443 e. The van der Waals surface area contributed by atoms with Crippen molar-refractivity contribution >= 4 is 17.6 Å². The van der Waals surface area contributed by atoms with E-state index in [-0.39, 0.29) is 33.2 Å². The van der Waals surface area contributed by atoms with E-state index < -0.39 is 17.7 Å². The van der Waals surface area contributed by atoms with Gasteiger partial charge in [-0.3, -0.25) is 14.2 Å². The Bertz CT molecular complexity index is 1510. The summed E-state index contributed by atoms with van der Waals surface area (Å²) in [4.78, 5) is 31.5. The predicted octanol–water partition coefficient (Wildman–Crippen LogP) is 3.51. The fourth-order valence-corrected chi connectivity index (χ4v) is 4.60. The molecule has 4 aromatic rings. The number of nitrogens with one attached hydrogen (secondary N) is 1. The summed E-state index contributed by atoms with van der Waals surface area (Å²) in [5.74, 6) is 0.0565. The van der Waals surface area contributed by atoms with Gasteiger partial charge >= 0.3 is 6.09 Å². The number of carbonyl (C=O) groups is 2. The highest BCUT2D eigenvalue weighted by Gasteiger charge is 2.29. The van der Waals surface area contributed by atoms with Gasteiger partial charge in [0.15, 0.2) is 11.5 Å². The van der Waals surface area contributed by atoms with Crippen LogP contribution in [-0.4, -0.2) is 74.9 Å². The number of aromatic nitrogens is 4. The Balaban J connectivity index is 0.00000423. The standard InChI is InChI=1S/C30H35N7O5.CH4/c1-30(2,31)28(38)33-25(20-41-18-22-7-3-4-10-24(22)21-8-6-12-32-17-21)27-35-34-26-11-5-9-23(37(26)27)19-42-29(39)36-13-15-40-16-14-36;/h3-12,17,25H,13-16,18-20,31H2,1-2H3,(H,33,38);1H4/t25-;/m1./s1. The topological polar surface area (TPSA) is 146 Å². The predicted molar refractivity (Wildman–Crippen MR) is 161 cm³/mol. The zero-order valence-electron chi connectivity index (χ0n) is 23.7. The summed E-state index contributed by atoms with van der Waals surface area (Å²) < 4.78 is 18.9. The number of pyridine rings is 2. The van der Waals surface area contributed by atoms with Crippen LogP contribution in [0.3, 0.4) is 0 Å². The van der Waals surface area contributed by atoms with Gasteiger partial charge in [0.1, 0.15) is 12.6 Å². The van der Waals surface area contributed by atoms with Crippen LogP contribution in [0, 0.1) is 0 Å². The van der Waals surface area contributed by atoms with Crippen LogP contribution in [0.25, 0.3) is 16.8 Å². The molecule has 0 aliphatic carbocycles. The van der Waals surface area contributed by atoms with Crippen molar-refractivity contribution in [3.8, 4) is 11.1 Å². The van der Waals surface area contributed by atoms with E-state index in [0.717, 1.165) is 16.7 Å². The Morgan fingerprint density at radius 1 is 1.05 bits per heavy atom. The molecule has 12 nitrogen and oxygen atoms in total. The number of benzene rings is 1. The molecule has 1 saturated heterocycles. The lowest BCUT2D eigenvalue weighted by molar-refractivity contribution is -0.126. The lowest BCUT2D eigenvalue weighted by Crippen LogP contribution is -2.51. The number of nitrogens with zero attached hydrogens (tertiary/aromatic N) is 5. The van der Waals surface area contributed by atoms with Crippen molar-refractivity contribution in [3.05, 3.63) is 84.1 Å². The van der Waals surface area contributed by atoms with Gasteiger partial charge in [-0.2, -0.15) is 0 Å². The summed E-state index contributed by atoms with van der Waals surface area (Å²) in [5, 5.41) is 11.7. The van der Waals surface area contributed by atoms with Crippen LogP contribution in [0.2, 0.25) is 0 Å². The molecule has 5 rings (SSSR count). The second-order valence-corrected chi connectivity index (χ2v) is 10.6. The van der Waals surface area contributed by atoms with Crippen LogP contribution < -0.4 is 11.1 Å². The average molecular weight is 590 g/mol. The molecule has 0 spiro atoms. The third kappa shape index (κ3) is 7.72. The van der Waals surface area contributed by atoms with E-state index in [9.17, 15) is 9.59 Å². The van der Waals surface area contributed by atoms with Gasteiger partial charge in [-0.05, 0) is 43.2 Å². The van der Waals surface area contributed by atoms with Crippen LogP contribution in [0.1, 0.15) is 44.4 Å². The molecular weight excluding hydrogens is 550 g/mol. The third-order valence-corrected chi connectivity index (χ3v) is 6.88. The normalized spacial score (nSPS) is 14.2. The van der Waals surface area contributed by atoms with Crippen molar-refractivity contribution in [1.29, 1.82) is 0 Å². The fourth-order valence-electron chi connectivity index (χ4n) is 4.60. The number of ether oxygens (including phenoxy) is 3. The molecule has 1 aromatic carbocycles. The molecular formula is C31H39N7O5. The smallest absolute Gasteiger partial charge is 0.410 e. The first-order valence-electron chi connectivity index (χ1n) is 13.8. The lowest BCUT2D eigenvalue weighted by atomic mass is 10.0. The molecule has 2 amide bonds. The zero-order chi connectivity index (χ0) is 29.5. The van der Waals surface area contributed by atoms with E-state index in [1.54, 1.807) is 41.6 Å². The highest BCUT2D eigenvalue weighted by molar-refractivity contribution is 5.85. The van der Waals surface area contributed by atoms with Gasteiger partial charge in [0.05, 0.1) is 37.7 Å². The van der Waals surface area contributed by atoms with Gasteiger partial charge in [-0.25, -0.2) is 4.79 Å². The summed E-state index contributed by atoms with van der Waals surface area (Å²) in [5.41, 5.74) is 9.10. The fraction of sp³-hybridized carbons (Fsp3) is 0.387. The molecule has 1 atom stereocenters. The first-order valence-corrected chi connectivity index (χ1v) is 13.8. The van der Waals surface area contributed by atoms with E-state index >= 15 is 0 Å². The Morgan fingerprint density at radius 3 is 2.58 bits per heavy atom. The molecule has 0 bridgehead atoms. The Kier molecular flexibility index (Phi) is 10.4. The molecule has 3 aromatic heterocycles. The molecule has 3 N–H and O–H groups in total. The third-order valence-electron chi connectivity index (χ3n) is 6.88. The van der Waals surface area contributed by atoms with Crippen LogP contribution >= 0.6 is 0 Å². The van der Waals surface area contributed by atoms with E-state index in [1.165, 1.54) is 0 Å². The van der Waals surface area contributed by atoms with Crippen molar-refractivity contribution in [2.24, 2.45) is 5.73 Å². The summed E-state index contributed by atoms with van der Waals surface area (Å²) in [6.45, 7) is 5.52. The minimum atomic E-state index is -1.14. The second kappa shape index (κ2) is 14.2. The quantitative estimate of drug-likeness (QED) is 0.284. The molecule has 228 valence electrons. The van der Waals surface area contributed by atoms with Crippen molar-refractivity contribution in [2.75, 3.05) is 32.9 Å².